The van der Waals surface area contributed by atoms with Crippen LogP contribution in [0.3, 0.4) is 0 Å². The summed E-state index contributed by atoms with van der Waals surface area (Å²) in [6, 6.07) is 0. The summed E-state index contributed by atoms with van der Waals surface area (Å²) in [5.41, 5.74) is 0. The van der Waals surface area contributed by atoms with Gasteiger partial charge in [0.1, 0.15) is 0 Å². The van der Waals surface area contributed by atoms with Gasteiger partial charge in [-0.15, -0.1) is 0 Å². The van der Waals surface area contributed by atoms with Gasteiger partial charge in [-0.2, -0.15) is 0 Å². The van der Waals surface area contributed by atoms with Gasteiger partial charge in [-0.05, 0) is 121 Å². The van der Waals surface area contributed by atoms with Gasteiger partial charge in [0.25, 0.3) is 0 Å². The van der Waals surface area contributed by atoms with Crippen LogP contribution in [0.25, 0.3) is 0 Å². The van der Waals surface area contributed by atoms with Crippen molar-refractivity contribution < 1.29 is 33.6 Å². The Balaban J connectivity index is 1.38. The van der Waals surface area contributed by atoms with E-state index in [2.05, 4.69) is 18.7 Å². The molecule has 0 bridgehead atoms. The lowest BCUT2D eigenvalue weighted by atomic mass is 10.1. The van der Waals surface area contributed by atoms with Crippen LogP contribution in [0.2, 0.25) is 0 Å². The molecule has 0 amide bonds. The number of hydrogen-bond donors (Lipinski definition) is 1. The minimum absolute atomic E-state index is 0.0482. The lowest BCUT2D eigenvalue weighted by Gasteiger charge is -2.22. The van der Waals surface area contributed by atoms with Crippen molar-refractivity contribution in [3.05, 3.63) is 0 Å². The fraction of sp³-hybridized carbons (Fsp3) is 0.963. The molecule has 366 valence electrons. The Bertz CT molecular complexity index is 916. The summed E-state index contributed by atoms with van der Waals surface area (Å²) in [5, 5.41) is 9.31. The number of aliphatic hydroxyl groups is 1. The number of carbonyl (C=O) groups is 2. The van der Waals surface area contributed by atoms with E-state index in [4.69, 9.17) is 18.9 Å². The normalized spacial score (nSPS) is 15.0. The van der Waals surface area contributed by atoms with Crippen LogP contribution in [0, 0.1) is 11.8 Å². The predicted molar refractivity (Wildman–Crippen MR) is 259 cm³/mol. The number of esters is 2. The number of unbranched alkanes of at least 4 members (excludes halogenated alkanes) is 25. The third-order valence-corrected chi connectivity index (χ3v) is 13.4. The first-order chi connectivity index (χ1) is 30.6. The van der Waals surface area contributed by atoms with Crippen molar-refractivity contribution in [1.82, 2.24) is 4.90 Å². The van der Waals surface area contributed by atoms with E-state index in [0.29, 0.717) is 37.9 Å². The van der Waals surface area contributed by atoms with E-state index >= 15 is 0 Å². The van der Waals surface area contributed by atoms with E-state index in [0.717, 1.165) is 84.0 Å². The molecule has 2 unspecified atom stereocenters. The van der Waals surface area contributed by atoms with E-state index in [9.17, 15) is 14.7 Å². The zero-order valence-corrected chi connectivity index (χ0v) is 41.2. The molecular weight excluding hydrogens is 775 g/mol. The average molecular weight is 878 g/mol. The first kappa shape index (κ1) is 56.9. The highest BCUT2D eigenvalue weighted by Gasteiger charge is 2.33. The largest absolute Gasteiger partial charge is 0.466 e. The smallest absolute Gasteiger partial charge is 0.305 e. The highest BCUT2D eigenvalue weighted by molar-refractivity contribution is 5.69. The van der Waals surface area contributed by atoms with Gasteiger partial charge < -0.3 is 29.0 Å². The molecule has 2 aliphatic carbocycles. The average Bonchev–Trinajstić information content (AvgIpc) is 4.22. The second-order valence-electron chi connectivity index (χ2n) is 19.5. The van der Waals surface area contributed by atoms with Crippen molar-refractivity contribution in [3.8, 4) is 0 Å². The van der Waals surface area contributed by atoms with E-state index < -0.39 is 0 Å². The molecule has 2 aliphatic rings. The summed E-state index contributed by atoms with van der Waals surface area (Å²) in [6.45, 7) is 11.0. The molecule has 2 saturated carbocycles. The maximum Gasteiger partial charge on any atom is 0.305 e. The monoisotopic (exact) mass is 878 g/mol. The van der Waals surface area contributed by atoms with Crippen molar-refractivity contribution in [2.75, 3.05) is 52.7 Å². The van der Waals surface area contributed by atoms with E-state index in [1.807, 2.05) is 0 Å². The second kappa shape index (κ2) is 42.4. The van der Waals surface area contributed by atoms with Crippen molar-refractivity contribution in [1.29, 1.82) is 0 Å². The van der Waals surface area contributed by atoms with Crippen LogP contribution in [-0.2, 0) is 28.5 Å². The summed E-state index contributed by atoms with van der Waals surface area (Å²) in [4.78, 5) is 27.4. The first-order valence-electron chi connectivity index (χ1n) is 27.4. The number of hydrogen-bond acceptors (Lipinski definition) is 8. The molecule has 0 aromatic heterocycles. The van der Waals surface area contributed by atoms with Gasteiger partial charge >= 0.3 is 11.9 Å². The molecule has 0 radical (unpaired) electrons. The molecule has 0 heterocycles. The minimum Gasteiger partial charge on any atom is -0.466 e. The Kier molecular flexibility index (Phi) is 38.9. The number of nitrogens with zero attached hydrogens (tertiary/aromatic N) is 1. The fourth-order valence-electron chi connectivity index (χ4n) is 8.90. The molecule has 0 saturated heterocycles. The van der Waals surface area contributed by atoms with Crippen molar-refractivity contribution in [2.24, 2.45) is 11.8 Å². The Morgan fingerprint density at radius 3 is 1.08 bits per heavy atom. The molecular formula is C54H103NO7. The quantitative estimate of drug-likeness (QED) is 0.0477. The number of ether oxygens (including phenoxy) is 4. The lowest BCUT2D eigenvalue weighted by molar-refractivity contribution is -0.145. The molecule has 1 N–H and O–H groups in total. The van der Waals surface area contributed by atoms with Crippen LogP contribution in [-0.4, -0.2) is 86.8 Å². The Labute approximate surface area is 383 Å². The Morgan fingerprint density at radius 1 is 0.435 bits per heavy atom. The van der Waals surface area contributed by atoms with Gasteiger partial charge in [0.15, 0.2) is 0 Å². The molecule has 2 atom stereocenters. The fourth-order valence-corrected chi connectivity index (χ4v) is 8.90. The molecule has 2 fully saturated rings. The zero-order valence-electron chi connectivity index (χ0n) is 41.2. The van der Waals surface area contributed by atoms with Crippen LogP contribution in [0.5, 0.6) is 0 Å². The van der Waals surface area contributed by atoms with Crippen LogP contribution in [0.15, 0.2) is 0 Å². The molecule has 0 aromatic carbocycles. The van der Waals surface area contributed by atoms with Crippen LogP contribution >= 0.6 is 0 Å². The highest BCUT2D eigenvalue weighted by Crippen LogP contribution is 2.37. The Morgan fingerprint density at radius 2 is 0.742 bits per heavy atom. The maximum atomic E-state index is 12.4. The molecule has 62 heavy (non-hydrogen) atoms. The maximum absolute atomic E-state index is 12.4. The lowest BCUT2D eigenvalue weighted by Crippen LogP contribution is -2.27. The molecule has 8 nitrogen and oxygen atoms in total. The van der Waals surface area contributed by atoms with Crippen LogP contribution < -0.4 is 0 Å². The predicted octanol–water partition coefficient (Wildman–Crippen LogP) is 14.3. The SMILES string of the molecule is CCCCCCCCCOC(CCC(=O)OCCCCCCCCCN(CCCCO)CCCCCCCCCOC(=O)CCC(OCCCCCCCCC)C1CC1)C1CC1. The minimum atomic E-state index is -0.0482. The van der Waals surface area contributed by atoms with Gasteiger partial charge in [0, 0.05) is 32.7 Å². The zero-order chi connectivity index (χ0) is 44.4. The van der Waals surface area contributed by atoms with Gasteiger partial charge in [0.05, 0.1) is 25.4 Å². The third-order valence-electron chi connectivity index (χ3n) is 13.4. The summed E-state index contributed by atoms with van der Waals surface area (Å²) in [7, 11) is 0. The van der Waals surface area contributed by atoms with E-state index in [1.54, 1.807) is 0 Å². The second-order valence-corrected chi connectivity index (χ2v) is 19.5. The number of aliphatic hydroxyl groups excluding tert-OH is 1. The highest BCUT2D eigenvalue weighted by atomic mass is 16.5. The summed E-state index contributed by atoms with van der Waals surface area (Å²) in [5.74, 6) is 1.23. The topological polar surface area (TPSA) is 94.5 Å². The van der Waals surface area contributed by atoms with Crippen molar-refractivity contribution >= 4 is 11.9 Å². The molecule has 0 spiro atoms. The molecule has 2 rings (SSSR count). The van der Waals surface area contributed by atoms with E-state index in [-0.39, 0.29) is 30.8 Å². The first-order valence-corrected chi connectivity index (χ1v) is 27.4. The number of rotatable bonds is 50. The third kappa shape index (κ3) is 36.1. The van der Waals surface area contributed by atoms with Crippen LogP contribution in [0.4, 0.5) is 0 Å². The summed E-state index contributed by atoms with van der Waals surface area (Å²) < 4.78 is 23.6. The molecule has 0 aliphatic heterocycles. The standard InChI is InChI=1S/C54H103NO7/c1-3-5-7-9-15-21-29-45-59-51(49-33-34-49)37-39-53(57)61-47-31-23-17-11-13-19-25-41-55(43-27-28-44-56)42-26-20-14-12-18-24-32-48-62-54(58)40-38-52(50-35-36-50)60-46-30-22-16-10-8-6-4-2/h49-52,56H,3-48H2,1-2H3. The molecule has 8 heteroatoms. The van der Waals surface area contributed by atoms with Crippen molar-refractivity contribution in [2.45, 2.75) is 270 Å². The van der Waals surface area contributed by atoms with Crippen molar-refractivity contribution in [3.63, 3.8) is 0 Å². The van der Waals surface area contributed by atoms with Gasteiger partial charge in [-0.3, -0.25) is 9.59 Å². The summed E-state index contributed by atoms with van der Waals surface area (Å²) >= 11 is 0. The van der Waals surface area contributed by atoms with Crippen LogP contribution in [0.1, 0.15) is 258 Å². The van der Waals surface area contributed by atoms with Gasteiger partial charge in [0.2, 0.25) is 0 Å². The van der Waals surface area contributed by atoms with Gasteiger partial charge in [-0.1, -0.05) is 155 Å². The Hall–Kier alpha value is -1.22. The summed E-state index contributed by atoms with van der Waals surface area (Å²) in [6.07, 6.45) is 45.1. The van der Waals surface area contributed by atoms with E-state index in [1.165, 1.54) is 180 Å². The number of carbonyl (C=O) groups excluding carboxylic acids is 2. The molecule has 0 aromatic rings. The van der Waals surface area contributed by atoms with Gasteiger partial charge in [-0.25, -0.2) is 0 Å².